The molecule has 0 N–H and O–H groups in total. The highest BCUT2D eigenvalue weighted by Gasteiger charge is 2.36. The third-order valence-corrected chi connectivity index (χ3v) is 3.56. The largest absolute Gasteiger partial charge is 0.288 e. The number of rotatable bonds is 2. The Morgan fingerprint density at radius 1 is 1.27 bits per heavy atom. The van der Waals surface area contributed by atoms with Crippen LogP contribution in [0, 0.1) is 5.92 Å². The Hall–Kier alpha value is -0.410. The van der Waals surface area contributed by atoms with Crippen LogP contribution >= 0.6 is 0 Å². The monoisotopic (exact) mass is 209 g/mol. The van der Waals surface area contributed by atoms with E-state index >= 15 is 0 Å². The lowest BCUT2D eigenvalue weighted by atomic mass is 10.1. The van der Waals surface area contributed by atoms with Crippen molar-refractivity contribution in [3.63, 3.8) is 0 Å². The summed E-state index contributed by atoms with van der Waals surface area (Å²) < 4.78 is 0. The fourth-order valence-corrected chi connectivity index (χ4v) is 2.54. The highest BCUT2D eigenvalue weighted by molar-refractivity contribution is 5.67. The molecular weight excluding hydrogens is 186 g/mol. The second kappa shape index (κ2) is 4.22. The van der Waals surface area contributed by atoms with Gasteiger partial charge in [0.1, 0.15) is 6.17 Å². The molecule has 2 atom stereocenters. The van der Waals surface area contributed by atoms with Crippen molar-refractivity contribution >= 4 is 6.21 Å². The summed E-state index contributed by atoms with van der Waals surface area (Å²) in [6, 6.07) is 1.26. The minimum absolute atomic E-state index is 0.413. The molecule has 2 unspecified atom stereocenters. The minimum atomic E-state index is 0.413. The fourth-order valence-electron chi connectivity index (χ4n) is 2.54. The van der Waals surface area contributed by atoms with Gasteiger partial charge >= 0.3 is 0 Å². The molecule has 86 valence electrons. The van der Waals surface area contributed by atoms with E-state index in [0.29, 0.717) is 24.2 Å². The van der Waals surface area contributed by atoms with Crippen molar-refractivity contribution in [2.45, 2.75) is 52.4 Å². The van der Waals surface area contributed by atoms with E-state index in [2.05, 4.69) is 48.7 Å². The molecule has 0 saturated carbocycles. The van der Waals surface area contributed by atoms with E-state index in [1.54, 1.807) is 0 Å². The Labute approximate surface area is 93.2 Å². The molecule has 0 aliphatic carbocycles. The molecule has 2 aliphatic rings. The van der Waals surface area contributed by atoms with Crippen LogP contribution in [0.25, 0.3) is 0 Å². The van der Waals surface area contributed by atoms with Gasteiger partial charge in [-0.05, 0) is 26.2 Å². The van der Waals surface area contributed by atoms with Gasteiger partial charge in [-0.15, -0.1) is 0 Å². The first-order valence-electron chi connectivity index (χ1n) is 6.12. The third-order valence-electron chi connectivity index (χ3n) is 3.56. The van der Waals surface area contributed by atoms with E-state index in [0.717, 1.165) is 6.67 Å². The number of aliphatic imine (C=N–C) groups is 1. The first kappa shape index (κ1) is 11.1. The molecule has 2 aliphatic heterocycles. The first-order valence-corrected chi connectivity index (χ1v) is 6.12. The van der Waals surface area contributed by atoms with E-state index in [-0.39, 0.29) is 0 Å². The van der Waals surface area contributed by atoms with Gasteiger partial charge in [0.2, 0.25) is 0 Å². The summed E-state index contributed by atoms with van der Waals surface area (Å²) in [6.07, 6.45) is 3.82. The topological polar surface area (TPSA) is 18.8 Å². The molecule has 3 nitrogen and oxygen atoms in total. The average molecular weight is 209 g/mol. The van der Waals surface area contributed by atoms with Gasteiger partial charge in [-0.1, -0.05) is 13.8 Å². The summed E-state index contributed by atoms with van der Waals surface area (Å²) >= 11 is 0. The number of hydrogen-bond acceptors (Lipinski definition) is 3. The van der Waals surface area contributed by atoms with Gasteiger partial charge < -0.3 is 0 Å². The van der Waals surface area contributed by atoms with Crippen LogP contribution in [0.15, 0.2) is 4.99 Å². The Bertz CT molecular complexity index is 247. The predicted molar refractivity (Wildman–Crippen MR) is 64.1 cm³/mol. The maximum Gasteiger partial charge on any atom is 0.105 e. The summed E-state index contributed by atoms with van der Waals surface area (Å²) in [5, 5.41) is 0. The van der Waals surface area contributed by atoms with Crippen LogP contribution in [0.1, 0.15) is 34.1 Å². The summed E-state index contributed by atoms with van der Waals surface area (Å²) in [5.74, 6) is 0.623. The van der Waals surface area contributed by atoms with Gasteiger partial charge in [0.15, 0.2) is 0 Å². The highest BCUT2D eigenvalue weighted by Crippen LogP contribution is 2.26. The fraction of sp³-hybridized carbons (Fsp3) is 0.917. The van der Waals surface area contributed by atoms with E-state index < -0.39 is 0 Å². The molecule has 0 aromatic heterocycles. The Balaban J connectivity index is 2.03. The van der Waals surface area contributed by atoms with Crippen molar-refractivity contribution in [2.24, 2.45) is 10.9 Å². The first-order chi connectivity index (χ1) is 7.09. The standard InChI is InChI=1S/C12H23N3/c1-9(2)12-13-7-11-5-6-14(10(3)4)8-15(11)12/h7,9-12H,5-6,8H2,1-4H3. The van der Waals surface area contributed by atoms with Crippen LogP contribution in [-0.2, 0) is 0 Å². The lowest BCUT2D eigenvalue weighted by Crippen LogP contribution is -2.54. The van der Waals surface area contributed by atoms with Gasteiger partial charge in [-0.25, -0.2) is 0 Å². The van der Waals surface area contributed by atoms with Crippen LogP contribution in [0.5, 0.6) is 0 Å². The van der Waals surface area contributed by atoms with Crippen LogP contribution in [0.3, 0.4) is 0 Å². The molecule has 0 bridgehead atoms. The average Bonchev–Trinajstić information content (AvgIpc) is 2.59. The zero-order chi connectivity index (χ0) is 11.0. The molecule has 0 aromatic rings. The third kappa shape index (κ3) is 2.08. The van der Waals surface area contributed by atoms with Crippen LogP contribution < -0.4 is 0 Å². The molecule has 0 aromatic carbocycles. The number of hydrogen-bond donors (Lipinski definition) is 0. The molecule has 1 saturated heterocycles. The molecule has 0 amide bonds. The summed E-state index contributed by atoms with van der Waals surface area (Å²) in [6.45, 7) is 11.4. The smallest absolute Gasteiger partial charge is 0.105 e. The second-order valence-corrected chi connectivity index (χ2v) is 5.37. The van der Waals surface area contributed by atoms with Gasteiger partial charge in [-0.3, -0.25) is 14.8 Å². The van der Waals surface area contributed by atoms with Crippen molar-refractivity contribution in [3.05, 3.63) is 0 Å². The molecule has 0 radical (unpaired) electrons. The molecule has 1 fully saturated rings. The second-order valence-electron chi connectivity index (χ2n) is 5.37. The van der Waals surface area contributed by atoms with Crippen molar-refractivity contribution in [1.29, 1.82) is 0 Å². The van der Waals surface area contributed by atoms with Crippen LogP contribution in [-0.4, -0.2) is 47.5 Å². The van der Waals surface area contributed by atoms with Gasteiger partial charge in [0.25, 0.3) is 0 Å². The Morgan fingerprint density at radius 3 is 2.60 bits per heavy atom. The van der Waals surface area contributed by atoms with E-state index in [1.165, 1.54) is 13.0 Å². The van der Waals surface area contributed by atoms with Gasteiger partial charge in [0, 0.05) is 24.8 Å². The van der Waals surface area contributed by atoms with Gasteiger partial charge in [-0.2, -0.15) is 0 Å². The van der Waals surface area contributed by atoms with Crippen LogP contribution in [0.4, 0.5) is 0 Å². The normalized spacial score (nSPS) is 32.9. The number of fused-ring (bicyclic) bond motifs is 1. The zero-order valence-electron chi connectivity index (χ0n) is 10.3. The minimum Gasteiger partial charge on any atom is -0.288 e. The maximum atomic E-state index is 4.65. The van der Waals surface area contributed by atoms with E-state index in [9.17, 15) is 0 Å². The van der Waals surface area contributed by atoms with Gasteiger partial charge in [0.05, 0.1) is 6.67 Å². The quantitative estimate of drug-likeness (QED) is 0.690. The van der Waals surface area contributed by atoms with Crippen molar-refractivity contribution in [3.8, 4) is 0 Å². The molecule has 3 heteroatoms. The Kier molecular flexibility index (Phi) is 3.12. The van der Waals surface area contributed by atoms with Crippen molar-refractivity contribution in [2.75, 3.05) is 13.2 Å². The van der Waals surface area contributed by atoms with Crippen molar-refractivity contribution in [1.82, 2.24) is 9.80 Å². The molecular formula is C12H23N3. The summed E-state index contributed by atoms with van der Waals surface area (Å²) in [7, 11) is 0. The maximum absolute atomic E-state index is 4.65. The Morgan fingerprint density at radius 2 is 2.00 bits per heavy atom. The molecule has 0 spiro atoms. The van der Waals surface area contributed by atoms with Crippen molar-refractivity contribution < 1.29 is 0 Å². The summed E-state index contributed by atoms with van der Waals surface area (Å²) in [4.78, 5) is 9.74. The lowest BCUT2D eigenvalue weighted by Gasteiger charge is -2.42. The van der Waals surface area contributed by atoms with Crippen LogP contribution in [0.2, 0.25) is 0 Å². The van der Waals surface area contributed by atoms with E-state index in [1.807, 2.05) is 0 Å². The predicted octanol–water partition coefficient (Wildman–Crippen LogP) is 1.80. The SMILES string of the molecule is CC(C)C1N=CC2CCN(C(C)C)CN21. The molecule has 15 heavy (non-hydrogen) atoms. The molecule has 2 rings (SSSR count). The summed E-state index contributed by atoms with van der Waals surface area (Å²) in [5.41, 5.74) is 0. The van der Waals surface area contributed by atoms with E-state index in [4.69, 9.17) is 0 Å². The zero-order valence-corrected chi connectivity index (χ0v) is 10.3. The lowest BCUT2D eigenvalue weighted by molar-refractivity contribution is 0.0155. The molecule has 2 heterocycles. The number of nitrogens with zero attached hydrogens (tertiary/aromatic N) is 3. The highest BCUT2D eigenvalue weighted by atomic mass is 15.4.